The number of nitrogens with two attached hydrogens (primary N) is 1. The zero-order chi connectivity index (χ0) is 25.3. The Kier molecular flexibility index (Phi) is 9.03. The molecule has 0 bridgehead atoms. The quantitative estimate of drug-likeness (QED) is 0.0739. The highest BCUT2D eigenvalue weighted by atomic mass is 127. The van der Waals surface area contributed by atoms with Gasteiger partial charge >= 0.3 is 0 Å². The lowest BCUT2D eigenvalue weighted by molar-refractivity contribution is -0.113. The summed E-state index contributed by atoms with van der Waals surface area (Å²) in [4.78, 5) is 12.2. The number of benzene rings is 3. The van der Waals surface area contributed by atoms with Gasteiger partial charge in [-0.1, -0.05) is 53.7 Å². The van der Waals surface area contributed by atoms with E-state index in [1.807, 2.05) is 72.8 Å². The van der Waals surface area contributed by atoms with Crippen LogP contribution in [-0.4, -0.2) is 32.7 Å². The van der Waals surface area contributed by atoms with E-state index in [-0.39, 0.29) is 17.6 Å². The molecule has 4 aromatic rings. The molecule has 0 unspecified atom stereocenters. The fourth-order valence-corrected chi connectivity index (χ4v) is 4.17. The molecule has 36 heavy (non-hydrogen) atoms. The summed E-state index contributed by atoms with van der Waals surface area (Å²) in [7, 11) is 0. The first-order chi connectivity index (χ1) is 17.5. The minimum Gasteiger partial charge on any atom is -0.488 e. The van der Waals surface area contributed by atoms with Gasteiger partial charge in [-0.2, -0.15) is 5.10 Å². The minimum absolute atomic E-state index is 0.126. The molecule has 9 nitrogen and oxygen atoms in total. The van der Waals surface area contributed by atoms with Crippen LogP contribution in [0.2, 0.25) is 5.02 Å². The molecule has 0 aliphatic carbocycles. The Morgan fingerprint density at radius 3 is 2.67 bits per heavy atom. The van der Waals surface area contributed by atoms with Crippen LogP contribution >= 0.6 is 46.0 Å². The largest absolute Gasteiger partial charge is 0.488 e. The number of thioether (sulfide) groups is 1. The number of nitrogens with one attached hydrogen (secondary N) is 2. The zero-order valence-corrected chi connectivity index (χ0v) is 22.5. The number of ether oxygens (including phenoxy) is 1. The van der Waals surface area contributed by atoms with Gasteiger partial charge in [0.1, 0.15) is 12.4 Å². The molecule has 1 amide bonds. The first-order valence-corrected chi connectivity index (χ1v) is 13.1. The van der Waals surface area contributed by atoms with Crippen LogP contribution in [0.1, 0.15) is 11.1 Å². The van der Waals surface area contributed by atoms with Crippen LogP contribution in [0.25, 0.3) is 0 Å². The average Bonchev–Trinajstić information content (AvgIpc) is 3.23. The summed E-state index contributed by atoms with van der Waals surface area (Å²) in [5.41, 5.74) is 5.13. The van der Waals surface area contributed by atoms with Gasteiger partial charge in [0.05, 0.1) is 12.0 Å². The van der Waals surface area contributed by atoms with Crippen molar-refractivity contribution in [2.45, 2.75) is 11.8 Å². The predicted molar refractivity (Wildman–Crippen MR) is 152 cm³/mol. The van der Waals surface area contributed by atoms with E-state index in [4.69, 9.17) is 22.2 Å². The van der Waals surface area contributed by atoms with Crippen LogP contribution in [0.5, 0.6) is 5.75 Å². The molecule has 0 radical (unpaired) electrons. The first kappa shape index (κ1) is 25.8. The topological polar surface area (TPSA) is 119 Å². The van der Waals surface area contributed by atoms with Gasteiger partial charge in [0.25, 0.3) is 5.95 Å². The number of halogens is 2. The number of hydrazone groups is 1. The maximum atomic E-state index is 12.2. The Bertz CT molecular complexity index is 1360. The molecule has 1 heterocycles. The average molecular weight is 634 g/mol. The van der Waals surface area contributed by atoms with Crippen molar-refractivity contribution in [3.05, 3.63) is 92.5 Å². The summed E-state index contributed by atoms with van der Waals surface area (Å²) >= 11 is 9.58. The SMILES string of the molecule is Nn1c(N/N=C/c2ccccc2OCc2ccccc2Cl)nnc1SCC(=O)Nc1ccc(I)cc1. The van der Waals surface area contributed by atoms with Gasteiger partial charge in [-0.3, -0.25) is 4.79 Å². The van der Waals surface area contributed by atoms with Crippen molar-refractivity contribution < 1.29 is 9.53 Å². The Morgan fingerprint density at radius 2 is 1.86 bits per heavy atom. The molecule has 0 aliphatic rings. The van der Waals surface area contributed by atoms with E-state index in [0.717, 1.165) is 32.1 Å². The first-order valence-electron chi connectivity index (χ1n) is 10.6. The van der Waals surface area contributed by atoms with Crippen LogP contribution in [0.4, 0.5) is 11.6 Å². The number of hydrogen-bond acceptors (Lipinski definition) is 8. The number of amides is 1. The molecule has 0 atom stereocenters. The number of hydrogen-bond donors (Lipinski definition) is 3. The number of aromatic nitrogens is 3. The van der Waals surface area contributed by atoms with Gasteiger partial charge in [-0.05, 0) is 65.1 Å². The van der Waals surface area contributed by atoms with Gasteiger partial charge in [0.2, 0.25) is 11.1 Å². The summed E-state index contributed by atoms with van der Waals surface area (Å²) in [5.74, 6) is 6.88. The molecular formula is C24H21ClIN7O2S. The molecule has 184 valence electrons. The monoisotopic (exact) mass is 633 g/mol. The second kappa shape index (κ2) is 12.6. The summed E-state index contributed by atoms with van der Waals surface area (Å²) < 4.78 is 8.26. The van der Waals surface area contributed by atoms with Crippen molar-refractivity contribution >= 4 is 69.7 Å². The molecule has 0 aliphatic heterocycles. The Morgan fingerprint density at radius 1 is 1.11 bits per heavy atom. The molecule has 0 saturated heterocycles. The summed E-state index contributed by atoms with van der Waals surface area (Å²) in [5, 5.41) is 16.1. The fraction of sp³-hybridized carbons (Fsp3) is 0.0833. The highest BCUT2D eigenvalue weighted by Gasteiger charge is 2.12. The molecular weight excluding hydrogens is 613 g/mol. The number of carbonyl (C=O) groups is 1. The Hall–Kier alpha value is -3.29. The van der Waals surface area contributed by atoms with Crippen LogP contribution in [-0.2, 0) is 11.4 Å². The molecule has 0 fully saturated rings. The van der Waals surface area contributed by atoms with E-state index in [1.54, 1.807) is 6.21 Å². The summed E-state index contributed by atoms with van der Waals surface area (Å²) in [6.07, 6.45) is 1.60. The standard InChI is InChI=1S/C24H21ClIN7O2S/c25-20-7-3-1-6-17(20)14-35-21-8-4-2-5-16(21)13-28-30-23-31-32-24(33(23)27)36-15-22(34)29-19-11-9-18(26)10-12-19/h1-13H,14-15,27H2,(H,29,34)(H,30,31)/b28-13+. The van der Waals surface area contributed by atoms with Gasteiger partial charge < -0.3 is 15.9 Å². The van der Waals surface area contributed by atoms with Gasteiger partial charge in [-0.15, -0.1) is 10.2 Å². The smallest absolute Gasteiger partial charge is 0.264 e. The van der Waals surface area contributed by atoms with E-state index in [0.29, 0.717) is 22.5 Å². The van der Waals surface area contributed by atoms with E-state index in [2.05, 4.69) is 48.6 Å². The number of nitrogens with zero attached hydrogens (tertiary/aromatic N) is 4. The minimum atomic E-state index is -0.176. The lowest BCUT2D eigenvalue weighted by Gasteiger charge is -2.10. The highest BCUT2D eigenvalue weighted by Crippen LogP contribution is 2.21. The number of para-hydroxylation sites is 1. The lowest BCUT2D eigenvalue weighted by Crippen LogP contribution is -2.16. The summed E-state index contributed by atoms with van der Waals surface area (Å²) in [6, 6.07) is 22.5. The predicted octanol–water partition coefficient (Wildman–Crippen LogP) is 5.01. The summed E-state index contributed by atoms with van der Waals surface area (Å²) in [6.45, 7) is 0.326. The maximum Gasteiger partial charge on any atom is 0.264 e. The number of rotatable bonds is 10. The van der Waals surface area contributed by atoms with Crippen molar-refractivity contribution in [2.24, 2.45) is 5.10 Å². The van der Waals surface area contributed by atoms with E-state index in [9.17, 15) is 4.79 Å². The second-order valence-electron chi connectivity index (χ2n) is 7.31. The molecule has 0 saturated carbocycles. The normalized spacial score (nSPS) is 10.9. The van der Waals surface area contributed by atoms with E-state index in [1.165, 1.54) is 4.68 Å². The van der Waals surface area contributed by atoms with Crippen molar-refractivity contribution in [3.8, 4) is 5.75 Å². The van der Waals surface area contributed by atoms with E-state index < -0.39 is 0 Å². The van der Waals surface area contributed by atoms with Crippen molar-refractivity contribution in [1.29, 1.82) is 0 Å². The molecule has 4 rings (SSSR count). The molecule has 3 aromatic carbocycles. The van der Waals surface area contributed by atoms with Gasteiger partial charge in [0.15, 0.2) is 0 Å². The van der Waals surface area contributed by atoms with Gasteiger partial charge in [0, 0.05) is 25.4 Å². The van der Waals surface area contributed by atoms with Crippen molar-refractivity contribution in [3.63, 3.8) is 0 Å². The van der Waals surface area contributed by atoms with Crippen molar-refractivity contribution in [1.82, 2.24) is 14.9 Å². The van der Waals surface area contributed by atoms with Crippen LogP contribution in [0.3, 0.4) is 0 Å². The lowest BCUT2D eigenvalue weighted by atomic mass is 10.2. The molecule has 0 spiro atoms. The Labute approximate surface area is 230 Å². The fourth-order valence-electron chi connectivity index (χ4n) is 2.96. The highest BCUT2D eigenvalue weighted by molar-refractivity contribution is 14.1. The third-order valence-electron chi connectivity index (χ3n) is 4.75. The van der Waals surface area contributed by atoms with Crippen LogP contribution in [0, 0.1) is 3.57 Å². The van der Waals surface area contributed by atoms with Crippen LogP contribution < -0.4 is 21.3 Å². The molecule has 1 aromatic heterocycles. The number of nitrogen functional groups attached to an aromatic ring is 1. The third kappa shape index (κ3) is 7.12. The number of carbonyl (C=O) groups excluding carboxylic acids is 1. The van der Waals surface area contributed by atoms with Gasteiger partial charge in [-0.25, -0.2) is 10.1 Å². The maximum absolute atomic E-state index is 12.2. The van der Waals surface area contributed by atoms with Crippen LogP contribution in [0.15, 0.2) is 83.1 Å². The Balaban J connectivity index is 1.31. The second-order valence-corrected chi connectivity index (χ2v) is 9.90. The molecule has 4 N–H and O–H groups in total. The zero-order valence-electron chi connectivity index (χ0n) is 18.8. The molecule has 12 heteroatoms. The number of anilines is 2. The van der Waals surface area contributed by atoms with Crippen molar-refractivity contribution in [2.75, 3.05) is 22.3 Å². The third-order valence-corrected chi connectivity index (χ3v) is 6.78. The van der Waals surface area contributed by atoms with E-state index >= 15 is 0 Å².